The number of carbonyl (C=O) groups excluding carboxylic acids is 1. The molecule has 28 heavy (non-hydrogen) atoms. The van der Waals surface area contributed by atoms with Crippen LogP contribution in [0.2, 0.25) is 6.55 Å². The summed E-state index contributed by atoms with van der Waals surface area (Å²) in [5.74, 6) is -0.224. The van der Waals surface area contributed by atoms with E-state index in [9.17, 15) is 4.79 Å². The Labute approximate surface area is 170 Å². The SMILES string of the molecule is CO[Si](C)(COC(=O)CCC(C)(c1ccc(C)cc1)c1ccc(C)cc1)OC. The topological polar surface area (TPSA) is 44.8 Å². The van der Waals surface area contributed by atoms with Crippen molar-refractivity contribution >= 4 is 14.5 Å². The lowest BCUT2D eigenvalue weighted by atomic mass is 9.72. The van der Waals surface area contributed by atoms with Crippen molar-refractivity contribution in [2.45, 2.75) is 45.6 Å². The summed E-state index contributed by atoms with van der Waals surface area (Å²) < 4.78 is 16.2. The molecule has 0 aliphatic rings. The number of hydrogen-bond donors (Lipinski definition) is 0. The highest BCUT2D eigenvalue weighted by Crippen LogP contribution is 2.37. The monoisotopic (exact) mass is 400 g/mol. The summed E-state index contributed by atoms with van der Waals surface area (Å²) in [5, 5.41) is 0. The fourth-order valence-corrected chi connectivity index (χ4v) is 3.96. The van der Waals surface area contributed by atoms with Gasteiger partial charge in [0.25, 0.3) is 0 Å². The van der Waals surface area contributed by atoms with Gasteiger partial charge in [-0.3, -0.25) is 4.79 Å². The number of carbonyl (C=O) groups is 1. The van der Waals surface area contributed by atoms with Crippen LogP contribution in [0.25, 0.3) is 0 Å². The third-order valence-corrected chi connectivity index (χ3v) is 7.96. The molecule has 0 saturated carbocycles. The molecule has 0 saturated heterocycles. The number of aryl methyl sites for hydroxylation is 2. The first kappa shape index (κ1) is 22.3. The zero-order valence-electron chi connectivity index (χ0n) is 17.9. The molecule has 0 bridgehead atoms. The van der Waals surface area contributed by atoms with Crippen molar-refractivity contribution in [3.63, 3.8) is 0 Å². The van der Waals surface area contributed by atoms with E-state index in [0.717, 1.165) is 0 Å². The molecule has 4 nitrogen and oxygen atoms in total. The van der Waals surface area contributed by atoms with Gasteiger partial charge in [-0.1, -0.05) is 66.6 Å². The standard InChI is InChI=1S/C23H32O4Si/c1-18-7-11-20(12-8-18)23(3,21-13-9-19(2)10-14-21)16-15-22(24)27-17-28(6,25-4)26-5/h7-14H,15-17H2,1-6H3. The summed E-state index contributed by atoms with van der Waals surface area (Å²) in [5.41, 5.74) is 4.56. The zero-order chi connectivity index (χ0) is 20.8. The Bertz CT molecular complexity index is 719. The van der Waals surface area contributed by atoms with E-state index >= 15 is 0 Å². The Balaban J connectivity index is 2.18. The van der Waals surface area contributed by atoms with Gasteiger partial charge in [0.2, 0.25) is 0 Å². The molecule has 2 aromatic rings. The molecule has 2 rings (SSSR count). The van der Waals surface area contributed by atoms with Crippen LogP contribution in [0.15, 0.2) is 48.5 Å². The Morgan fingerprint density at radius 1 is 0.893 bits per heavy atom. The summed E-state index contributed by atoms with van der Waals surface area (Å²) in [6.45, 7) is 8.23. The van der Waals surface area contributed by atoms with Crippen LogP contribution in [0.3, 0.4) is 0 Å². The minimum atomic E-state index is -2.42. The number of rotatable bonds is 9. The highest BCUT2D eigenvalue weighted by atomic mass is 28.4. The molecule has 0 radical (unpaired) electrons. The highest BCUT2D eigenvalue weighted by molar-refractivity contribution is 6.65. The van der Waals surface area contributed by atoms with Gasteiger partial charge in [0.1, 0.15) is 6.23 Å². The molecular formula is C23H32O4Si. The van der Waals surface area contributed by atoms with Gasteiger partial charge in [-0.15, -0.1) is 0 Å². The van der Waals surface area contributed by atoms with Crippen LogP contribution < -0.4 is 0 Å². The van der Waals surface area contributed by atoms with Gasteiger partial charge in [0.15, 0.2) is 0 Å². The van der Waals surface area contributed by atoms with Gasteiger partial charge in [0, 0.05) is 26.1 Å². The molecule has 2 aromatic carbocycles. The molecule has 0 N–H and O–H groups in total. The average Bonchev–Trinajstić information content (AvgIpc) is 2.71. The Hall–Kier alpha value is -1.95. The number of ether oxygens (including phenoxy) is 1. The van der Waals surface area contributed by atoms with Crippen LogP contribution in [-0.2, 0) is 23.8 Å². The summed E-state index contributed by atoms with van der Waals surface area (Å²) >= 11 is 0. The second kappa shape index (κ2) is 9.50. The first-order valence-corrected chi connectivity index (χ1v) is 12.1. The second-order valence-electron chi connectivity index (χ2n) is 7.77. The molecule has 0 fully saturated rings. The maximum atomic E-state index is 12.4. The largest absolute Gasteiger partial charge is 0.464 e. The summed E-state index contributed by atoms with van der Waals surface area (Å²) in [4.78, 5) is 12.4. The van der Waals surface area contributed by atoms with E-state index in [1.165, 1.54) is 22.3 Å². The van der Waals surface area contributed by atoms with E-state index < -0.39 is 8.56 Å². The molecule has 0 heterocycles. The predicted octanol–water partition coefficient (Wildman–Crippen LogP) is 4.84. The molecule has 0 unspecified atom stereocenters. The quantitative estimate of drug-likeness (QED) is 0.446. The summed E-state index contributed by atoms with van der Waals surface area (Å²) in [6, 6.07) is 17.1. The van der Waals surface area contributed by atoms with Crippen LogP contribution >= 0.6 is 0 Å². The minimum absolute atomic E-state index is 0.199. The minimum Gasteiger partial charge on any atom is -0.464 e. The van der Waals surface area contributed by atoms with Crippen molar-refractivity contribution in [1.29, 1.82) is 0 Å². The first-order valence-electron chi connectivity index (χ1n) is 9.63. The van der Waals surface area contributed by atoms with Gasteiger partial charge in [-0.05, 0) is 37.9 Å². The lowest BCUT2D eigenvalue weighted by Gasteiger charge is -2.31. The second-order valence-corrected chi connectivity index (χ2v) is 11.1. The third-order valence-electron chi connectivity index (χ3n) is 5.57. The molecule has 0 aliphatic heterocycles. The van der Waals surface area contributed by atoms with Gasteiger partial charge < -0.3 is 13.6 Å². The van der Waals surface area contributed by atoms with Crippen molar-refractivity contribution in [3.8, 4) is 0 Å². The molecular weight excluding hydrogens is 368 g/mol. The summed E-state index contributed by atoms with van der Waals surface area (Å²) in [6.07, 6.45) is 1.19. The number of esters is 1. The van der Waals surface area contributed by atoms with Gasteiger partial charge in [-0.25, -0.2) is 0 Å². The van der Waals surface area contributed by atoms with Crippen molar-refractivity contribution in [1.82, 2.24) is 0 Å². The van der Waals surface area contributed by atoms with E-state index in [-0.39, 0.29) is 17.6 Å². The molecule has 5 heteroatoms. The molecule has 0 aromatic heterocycles. The lowest BCUT2D eigenvalue weighted by Crippen LogP contribution is -2.43. The van der Waals surface area contributed by atoms with Crippen LogP contribution in [0.5, 0.6) is 0 Å². The van der Waals surface area contributed by atoms with Crippen LogP contribution in [0.4, 0.5) is 0 Å². The van der Waals surface area contributed by atoms with Crippen molar-refractivity contribution in [2.24, 2.45) is 0 Å². The van der Waals surface area contributed by atoms with E-state index in [1.54, 1.807) is 14.2 Å². The fraction of sp³-hybridized carbons (Fsp3) is 0.435. The lowest BCUT2D eigenvalue weighted by molar-refractivity contribution is -0.142. The van der Waals surface area contributed by atoms with E-state index in [2.05, 4.69) is 69.3 Å². The normalized spacial score (nSPS) is 12.1. The van der Waals surface area contributed by atoms with E-state index in [4.69, 9.17) is 13.6 Å². The molecule has 0 spiro atoms. The molecule has 152 valence electrons. The van der Waals surface area contributed by atoms with E-state index in [0.29, 0.717) is 12.8 Å². The fourth-order valence-electron chi connectivity index (χ4n) is 3.14. The zero-order valence-corrected chi connectivity index (χ0v) is 18.9. The Morgan fingerprint density at radius 2 is 1.32 bits per heavy atom. The highest BCUT2D eigenvalue weighted by Gasteiger charge is 2.33. The molecule has 0 aliphatic carbocycles. The van der Waals surface area contributed by atoms with Crippen molar-refractivity contribution in [2.75, 3.05) is 20.4 Å². The number of benzene rings is 2. The van der Waals surface area contributed by atoms with Gasteiger partial charge in [0.05, 0.1) is 0 Å². The first-order chi connectivity index (χ1) is 13.2. The molecule has 0 atom stereocenters. The molecule has 0 amide bonds. The van der Waals surface area contributed by atoms with Gasteiger partial charge in [-0.2, -0.15) is 0 Å². The van der Waals surface area contributed by atoms with E-state index in [1.807, 2.05) is 6.55 Å². The Morgan fingerprint density at radius 3 is 1.71 bits per heavy atom. The van der Waals surface area contributed by atoms with Crippen molar-refractivity contribution < 1.29 is 18.4 Å². The summed E-state index contributed by atoms with van der Waals surface area (Å²) in [7, 11) is 0.767. The van der Waals surface area contributed by atoms with Crippen LogP contribution in [0.1, 0.15) is 42.0 Å². The number of hydrogen-bond acceptors (Lipinski definition) is 4. The van der Waals surface area contributed by atoms with Crippen LogP contribution in [-0.4, -0.2) is 35.0 Å². The third kappa shape index (κ3) is 5.53. The van der Waals surface area contributed by atoms with Gasteiger partial charge >= 0.3 is 14.5 Å². The maximum absolute atomic E-state index is 12.4. The van der Waals surface area contributed by atoms with Crippen LogP contribution in [0, 0.1) is 13.8 Å². The average molecular weight is 401 g/mol. The maximum Gasteiger partial charge on any atom is 0.373 e. The smallest absolute Gasteiger partial charge is 0.373 e. The Kier molecular flexibility index (Phi) is 7.58. The predicted molar refractivity (Wildman–Crippen MR) is 115 cm³/mol. The van der Waals surface area contributed by atoms with Crippen molar-refractivity contribution in [3.05, 3.63) is 70.8 Å².